The van der Waals surface area contributed by atoms with Crippen LogP contribution in [0.3, 0.4) is 0 Å². The van der Waals surface area contributed by atoms with Gasteiger partial charge in [-0.3, -0.25) is 14.6 Å². The number of nitrogens with one attached hydrogen (secondary N) is 3. The molecule has 11 heteroatoms. The van der Waals surface area contributed by atoms with E-state index >= 15 is 0 Å². The smallest absolute Gasteiger partial charge is 0.257 e. The molecular weight excluding hydrogens is 640 g/mol. The molecule has 2 fully saturated rings. The van der Waals surface area contributed by atoms with E-state index in [1.54, 1.807) is 17.8 Å². The Hall–Kier alpha value is -3.80. The van der Waals surface area contributed by atoms with E-state index < -0.39 is 11.7 Å². The zero-order valence-electron chi connectivity index (χ0n) is 28.6. The van der Waals surface area contributed by atoms with Crippen molar-refractivity contribution in [3.05, 3.63) is 77.7 Å². The van der Waals surface area contributed by atoms with Gasteiger partial charge in [-0.1, -0.05) is 36.4 Å². The van der Waals surface area contributed by atoms with E-state index in [2.05, 4.69) is 68.9 Å². The van der Waals surface area contributed by atoms with Crippen molar-refractivity contribution >= 4 is 28.6 Å². The average Bonchev–Trinajstić information content (AvgIpc) is 3.53. The second-order valence-corrected chi connectivity index (χ2v) is 14.9. The Morgan fingerprint density at radius 1 is 0.980 bits per heavy atom. The number of rotatable bonds is 11. The molecule has 3 aliphatic rings. The van der Waals surface area contributed by atoms with Crippen molar-refractivity contribution in [2.45, 2.75) is 89.5 Å². The minimum atomic E-state index is -0.613. The van der Waals surface area contributed by atoms with Gasteiger partial charge in [0.25, 0.3) is 5.91 Å². The molecule has 0 radical (unpaired) electrons. The Morgan fingerprint density at radius 3 is 2.39 bits per heavy atom. The minimum Gasteiger partial charge on any atom is -0.438 e. The summed E-state index contributed by atoms with van der Waals surface area (Å²) in [4.78, 5) is 37.0. The third kappa shape index (κ3) is 9.67. The molecule has 6 rings (SSSR count). The fraction of sp³-hybridized carbons (Fsp3) is 0.474. The van der Waals surface area contributed by atoms with E-state index in [0.717, 1.165) is 73.8 Å². The number of benzene rings is 2. The maximum atomic E-state index is 14.3. The normalized spacial score (nSPS) is 24.2. The lowest BCUT2D eigenvalue weighted by molar-refractivity contribution is -0.122. The number of aryl methyl sites for hydroxylation is 1. The number of thioether (sulfide) groups is 1. The number of pyridine rings is 1. The number of aliphatic imine (C=N–C) groups is 1. The van der Waals surface area contributed by atoms with Gasteiger partial charge in [-0.05, 0) is 101 Å². The molecule has 3 aromatic rings. The summed E-state index contributed by atoms with van der Waals surface area (Å²) >= 11 is 1.61. The number of carbonyl (C=O) groups excluding carboxylic acids is 2. The number of aromatic nitrogens is 1. The molecule has 2 aromatic carbocycles. The highest BCUT2D eigenvalue weighted by atomic mass is 32.2. The molecule has 0 spiro atoms. The number of ether oxygens (including phenoxy) is 1. The van der Waals surface area contributed by atoms with Crippen molar-refractivity contribution < 1.29 is 18.7 Å². The van der Waals surface area contributed by atoms with E-state index in [0.29, 0.717) is 36.4 Å². The van der Waals surface area contributed by atoms with Gasteiger partial charge in [0.2, 0.25) is 11.8 Å². The van der Waals surface area contributed by atoms with Crippen LogP contribution in [0.15, 0.2) is 65.8 Å². The van der Waals surface area contributed by atoms with Gasteiger partial charge in [-0.2, -0.15) is 0 Å². The largest absolute Gasteiger partial charge is 0.438 e. The lowest BCUT2D eigenvalue weighted by Crippen LogP contribution is -2.54. The van der Waals surface area contributed by atoms with Crippen LogP contribution in [0, 0.1) is 5.82 Å². The third-order valence-electron chi connectivity index (χ3n) is 9.47. The first kappa shape index (κ1) is 35.0. The summed E-state index contributed by atoms with van der Waals surface area (Å²) in [5.41, 5.74) is 3.38. The first-order valence-corrected chi connectivity index (χ1v) is 18.5. The summed E-state index contributed by atoms with van der Waals surface area (Å²) in [6.07, 6.45) is 6.10. The van der Waals surface area contributed by atoms with Gasteiger partial charge in [-0.15, -0.1) is 11.8 Å². The van der Waals surface area contributed by atoms with E-state index in [1.807, 2.05) is 25.1 Å². The molecule has 3 heterocycles. The topological polar surface area (TPSA) is 108 Å². The van der Waals surface area contributed by atoms with Gasteiger partial charge in [0.15, 0.2) is 0 Å². The van der Waals surface area contributed by atoms with Crippen LogP contribution in [0.25, 0.3) is 11.1 Å². The summed E-state index contributed by atoms with van der Waals surface area (Å²) < 4.78 is 20.4. The van der Waals surface area contributed by atoms with Crippen molar-refractivity contribution in [2.75, 3.05) is 25.4 Å². The number of carbonyl (C=O) groups is 2. The van der Waals surface area contributed by atoms with Crippen molar-refractivity contribution in [3.8, 4) is 22.8 Å². The van der Waals surface area contributed by atoms with Crippen molar-refractivity contribution in [3.63, 3.8) is 0 Å². The van der Waals surface area contributed by atoms with Gasteiger partial charge in [0.05, 0.1) is 11.2 Å². The summed E-state index contributed by atoms with van der Waals surface area (Å²) in [6, 6.07) is 18.1. The molecule has 260 valence electrons. The van der Waals surface area contributed by atoms with Crippen LogP contribution in [0.2, 0.25) is 0 Å². The van der Waals surface area contributed by atoms with E-state index in [1.165, 1.54) is 5.56 Å². The quantitative estimate of drug-likeness (QED) is 0.228. The third-order valence-corrected chi connectivity index (χ3v) is 10.5. The van der Waals surface area contributed by atoms with Crippen LogP contribution in [0.5, 0.6) is 11.6 Å². The number of hydrogen-bond acceptors (Lipinski definition) is 8. The van der Waals surface area contributed by atoms with Crippen molar-refractivity contribution in [1.82, 2.24) is 25.8 Å². The average molecular weight is 687 g/mol. The van der Waals surface area contributed by atoms with E-state index in [4.69, 9.17) is 4.74 Å². The van der Waals surface area contributed by atoms with Crippen LogP contribution < -0.4 is 20.7 Å². The molecule has 1 saturated heterocycles. The summed E-state index contributed by atoms with van der Waals surface area (Å²) in [5, 5.41) is 10.7. The standard InChI is InChI=1S/C38H47FN6O3S/c1-24-21-45(22-25(2)41-24)17-5-6-27-9-11-28(12-10-27)29-7-4-8-33(18-29)48-38-34(19-30(39)20-40-38)36(46)43-31-13-15-32(16-14-31)44-37(47)35-23-49-26(3)42-35/h4,7-12,18-20,24-25,31-32,35,41H,5-6,13-17,21-23H2,1-3H3,(H,43,46)(H,44,47)/t24-,25+,31-,32+,35?. The van der Waals surface area contributed by atoms with Crippen LogP contribution >= 0.6 is 11.8 Å². The predicted octanol–water partition coefficient (Wildman–Crippen LogP) is 5.99. The Kier molecular flexibility index (Phi) is 11.6. The molecule has 1 aliphatic carbocycles. The first-order valence-electron chi connectivity index (χ1n) is 17.5. The van der Waals surface area contributed by atoms with Gasteiger partial charge in [-0.25, -0.2) is 9.37 Å². The van der Waals surface area contributed by atoms with Crippen molar-refractivity contribution in [1.29, 1.82) is 0 Å². The SMILES string of the molecule is CC1=NC(C(=O)N[C@H]2CC[C@@H](NC(=O)c3cc(F)cnc3Oc3cccc(-c4ccc(CCCN5C[C@@H](C)N[C@@H](C)C5)cc4)c3)CC2)CS1. The second kappa shape index (κ2) is 16.3. The molecule has 3 N–H and O–H groups in total. The van der Waals surface area contributed by atoms with Gasteiger partial charge in [0, 0.05) is 43.0 Å². The molecule has 1 unspecified atom stereocenters. The maximum Gasteiger partial charge on any atom is 0.257 e. The number of hydrogen-bond donors (Lipinski definition) is 3. The highest BCUT2D eigenvalue weighted by Gasteiger charge is 2.29. The molecule has 2 aliphatic heterocycles. The van der Waals surface area contributed by atoms with Gasteiger partial charge < -0.3 is 25.6 Å². The van der Waals surface area contributed by atoms with Gasteiger partial charge in [0.1, 0.15) is 23.2 Å². The summed E-state index contributed by atoms with van der Waals surface area (Å²) in [7, 11) is 0. The Labute approximate surface area is 292 Å². The number of halogens is 1. The molecular formula is C38H47FN6O3S. The second-order valence-electron chi connectivity index (χ2n) is 13.7. The molecule has 9 nitrogen and oxygen atoms in total. The first-order chi connectivity index (χ1) is 23.7. The summed E-state index contributed by atoms with van der Waals surface area (Å²) in [6.45, 7) is 9.72. The minimum absolute atomic E-state index is 0.0353. The molecule has 0 bridgehead atoms. The molecule has 2 amide bonds. The zero-order valence-corrected chi connectivity index (χ0v) is 29.4. The van der Waals surface area contributed by atoms with Gasteiger partial charge >= 0.3 is 0 Å². The predicted molar refractivity (Wildman–Crippen MR) is 194 cm³/mol. The van der Waals surface area contributed by atoms with E-state index in [9.17, 15) is 14.0 Å². The number of amides is 2. The zero-order chi connectivity index (χ0) is 34.3. The van der Waals surface area contributed by atoms with Crippen molar-refractivity contribution in [2.24, 2.45) is 4.99 Å². The number of piperazine rings is 1. The number of nitrogens with zero attached hydrogens (tertiary/aromatic N) is 3. The summed E-state index contributed by atoms with van der Waals surface area (Å²) in [5.74, 6) is 0.153. The van der Waals surface area contributed by atoms with E-state index in [-0.39, 0.29) is 35.5 Å². The Bertz CT molecular complexity index is 1630. The lowest BCUT2D eigenvalue weighted by Gasteiger charge is -2.36. The Balaban J connectivity index is 1.02. The maximum absolute atomic E-state index is 14.3. The highest BCUT2D eigenvalue weighted by Crippen LogP contribution is 2.30. The monoisotopic (exact) mass is 686 g/mol. The Morgan fingerprint density at radius 2 is 1.69 bits per heavy atom. The fourth-order valence-electron chi connectivity index (χ4n) is 7.09. The molecule has 3 atom stereocenters. The van der Waals surface area contributed by atoms with Crippen LogP contribution in [0.1, 0.15) is 68.8 Å². The van der Waals surface area contributed by atoms with Crippen LogP contribution in [-0.2, 0) is 11.2 Å². The molecule has 1 saturated carbocycles. The lowest BCUT2D eigenvalue weighted by atomic mass is 9.90. The molecule has 1 aromatic heterocycles. The van der Waals surface area contributed by atoms with Crippen LogP contribution in [0.4, 0.5) is 4.39 Å². The fourth-order valence-corrected chi connectivity index (χ4v) is 7.91. The van der Waals surface area contributed by atoms with Crippen LogP contribution in [-0.4, -0.2) is 82.3 Å². The molecule has 49 heavy (non-hydrogen) atoms. The highest BCUT2D eigenvalue weighted by molar-refractivity contribution is 8.14.